The van der Waals surface area contributed by atoms with E-state index in [1.165, 1.54) is 0 Å². The molecule has 3 rings (SSSR count). The van der Waals surface area contributed by atoms with E-state index in [2.05, 4.69) is 12.0 Å². The molecule has 2 atom stereocenters. The Balaban J connectivity index is 0.00000243. The van der Waals surface area contributed by atoms with Crippen molar-refractivity contribution in [2.45, 2.75) is 32.7 Å². The number of nitrogens with two attached hydrogens (primary N) is 1. The van der Waals surface area contributed by atoms with Gasteiger partial charge in [-0.2, -0.15) is 5.10 Å². The number of carbonyl (C=O) groups is 1. The van der Waals surface area contributed by atoms with Crippen molar-refractivity contribution >= 4 is 18.3 Å². The fourth-order valence-corrected chi connectivity index (χ4v) is 3.44. The van der Waals surface area contributed by atoms with E-state index < -0.39 is 0 Å². The van der Waals surface area contributed by atoms with Crippen LogP contribution in [0.4, 0.5) is 0 Å². The first-order valence-corrected chi connectivity index (χ1v) is 8.75. The molecule has 1 aliphatic heterocycles. The summed E-state index contributed by atoms with van der Waals surface area (Å²) in [6.45, 7) is 5.45. The lowest BCUT2D eigenvalue weighted by Gasteiger charge is -2.37. The van der Waals surface area contributed by atoms with Crippen molar-refractivity contribution in [3.63, 3.8) is 0 Å². The summed E-state index contributed by atoms with van der Waals surface area (Å²) in [6.07, 6.45) is 3.76. The second-order valence-corrected chi connectivity index (χ2v) is 6.84. The van der Waals surface area contributed by atoms with Gasteiger partial charge in [0, 0.05) is 25.3 Å². The Hall–Kier alpha value is -2.05. The van der Waals surface area contributed by atoms with E-state index in [1.807, 2.05) is 30.0 Å². The first kappa shape index (κ1) is 20.3. The van der Waals surface area contributed by atoms with Gasteiger partial charge in [0.25, 0.3) is 5.91 Å². The predicted octanol–water partition coefficient (Wildman–Crippen LogP) is 2.81. The molecule has 26 heavy (non-hydrogen) atoms. The van der Waals surface area contributed by atoms with Crippen LogP contribution in [0.3, 0.4) is 0 Å². The van der Waals surface area contributed by atoms with Crippen molar-refractivity contribution in [3.8, 4) is 11.4 Å². The SMILES string of the molecule is COc1ccc(C)cc1-n1ccc(C(=O)N2CCC(C)CC2CN)n1.Cl. The van der Waals surface area contributed by atoms with Crippen LogP contribution in [0.5, 0.6) is 5.75 Å². The van der Waals surface area contributed by atoms with E-state index >= 15 is 0 Å². The summed E-state index contributed by atoms with van der Waals surface area (Å²) in [5, 5.41) is 4.50. The van der Waals surface area contributed by atoms with E-state index in [0.29, 0.717) is 18.2 Å². The molecule has 1 saturated heterocycles. The number of hydrogen-bond donors (Lipinski definition) is 1. The lowest BCUT2D eigenvalue weighted by atomic mass is 9.92. The Morgan fingerprint density at radius 2 is 2.15 bits per heavy atom. The van der Waals surface area contributed by atoms with Crippen molar-refractivity contribution in [2.75, 3.05) is 20.2 Å². The fourth-order valence-electron chi connectivity index (χ4n) is 3.44. The van der Waals surface area contributed by atoms with Crippen LogP contribution in [0.25, 0.3) is 5.69 Å². The van der Waals surface area contributed by atoms with Gasteiger partial charge in [0.05, 0.1) is 7.11 Å². The Morgan fingerprint density at radius 3 is 2.85 bits per heavy atom. The molecule has 2 N–H and O–H groups in total. The van der Waals surface area contributed by atoms with E-state index in [-0.39, 0.29) is 24.4 Å². The summed E-state index contributed by atoms with van der Waals surface area (Å²) in [5.74, 6) is 1.28. The topological polar surface area (TPSA) is 73.4 Å². The summed E-state index contributed by atoms with van der Waals surface area (Å²) in [6, 6.07) is 7.74. The average molecular weight is 379 g/mol. The summed E-state index contributed by atoms with van der Waals surface area (Å²) < 4.78 is 7.11. The Morgan fingerprint density at radius 1 is 1.38 bits per heavy atom. The minimum Gasteiger partial charge on any atom is -0.494 e. The van der Waals surface area contributed by atoms with Crippen molar-refractivity contribution in [1.29, 1.82) is 0 Å². The molecule has 7 heteroatoms. The number of carbonyl (C=O) groups excluding carboxylic acids is 1. The average Bonchev–Trinajstić information content (AvgIpc) is 3.11. The number of likely N-dealkylation sites (tertiary alicyclic amines) is 1. The van der Waals surface area contributed by atoms with Crippen LogP contribution < -0.4 is 10.5 Å². The van der Waals surface area contributed by atoms with Crippen molar-refractivity contribution in [2.24, 2.45) is 11.7 Å². The highest BCUT2D eigenvalue weighted by atomic mass is 35.5. The van der Waals surface area contributed by atoms with Crippen LogP contribution in [0.2, 0.25) is 0 Å². The third-order valence-electron chi connectivity index (χ3n) is 4.90. The van der Waals surface area contributed by atoms with Crippen molar-refractivity contribution in [1.82, 2.24) is 14.7 Å². The highest BCUT2D eigenvalue weighted by Gasteiger charge is 2.30. The van der Waals surface area contributed by atoms with Gasteiger partial charge < -0.3 is 15.4 Å². The summed E-state index contributed by atoms with van der Waals surface area (Å²) in [7, 11) is 1.63. The van der Waals surface area contributed by atoms with Crippen LogP contribution in [-0.4, -0.2) is 46.8 Å². The van der Waals surface area contributed by atoms with Gasteiger partial charge in [-0.15, -0.1) is 12.4 Å². The van der Waals surface area contributed by atoms with E-state index in [1.54, 1.807) is 24.1 Å². The standard InChI is InChI=1S/C19H26N4O2.ClH/c1-13-4-5-18(25-3)17(11-13)23-9-7-16(21-23)19(24)22-8-6-14(2)10-15(22)12-20;/h4-5,7,9,11,14-15H,6,8,10,12,20H2,1-3H3;1H. The molecule has 1 aromatic carbocycles. The second kappa shape index (κ2) is 8.56. The van der Waals surface area contributed by atoms with Gasteiger partial charge in [0.2, 0.25) is 0 Å². The van der Waals surface area contributed by atoms with Crippen LogP contribution >= 0.6 is 12.4 Å². The lowest BCUT2D eigenvalue weighted by molar-refractivity contribution is 0.0567. The second-order valence-electron chi connectivity index (χ2n) is 6.84. The first-order valence-electron chi connectivity index (χ1n) is 8.75. The van der Waals surface area contributed by atoms with Crippen LogP contribution in [0.15, 0.2) is 30.5 Å². The van der Waals surface area contributed by atoms with Crippen LogP contribution in [-0.2, 0) is 0 Å². The number of hydrogen-bond acceptors (Lipinski definition) is 4. The number of ether oxygens (including phenoxy) is 1. The highest BCUT2D eigenvalue weighted by Crippen LogP contribution is 2.25. The summed E-state index contributed by atoms with van der Waals surface area (Å²) >= 11 is 0. The zero-order chi connectivity index (χ0) is 18.0. The van der Waals surface area contributed by atoms with Gasteiger partial charge in [-0.05, 0) is 49.4 Å². The molecule has 0 radical (unpaired) electrons. The molecule has 6 nitrogen and oxygen atoms in total. The molecule has 1 aliphatic rings. The van der Waals surface area contributed by atoms with Gasteiger partial charge in [-0.3, -0.25) is 4.79 Å². The third-order valence-corrected chi connectivity index (χ3v) is 4.90. The Labute approximate surface area is 160 Å². The number of aromatic nitrogens is 2. The summed E-state index contributed by atoms with van der Waals surface area (Å²) in [4.78, 5) is 14.8. The van der Waals surface area contributed by atoms with Crippen molar-refractivity contribution < 1.29 is 9.53 Å². The minimum atomic E-state index is -0.0484. The molecule has 2 heterocycles. The Bertz CT molecular complexity index is 762. The molecule has 2 aromatic rings. The molecule has 0 spiro atoms. The largest absolute Gasteiger partial charge is 0.494 e. The number of methoxy groups -OCH3 is 1. The molecule has 0 saturated carbocycles. The number of aryl methyl sites for hydroxylation is 1. The quantitative estimate of drug-likeness (QED) is 0.887. The smallest absolute Gasteiger partial charge is 0.274 e. The Kier molecular flexibility index (Phi) is 6.67. The first-order chi connectivity index (χ1) is 12.0. The van der Waals surface area contributed by atoms with Gasteiger partial charge in [0.15, 0.2) is 5.69 Å². The lowest BCUT2D eigenvalue weighted by Crippen LogP contribution is -2.49. The van der Waals surface area contributed by atoms with Crippen molar-refractivity contribution in [3.05, 3.63) is 41.7 Å². The minimum absolute atomic E-state index is 0. The van der Waals surface area contributed by atoms with Gasteiger partial charge >= 0.3 is 0 Å². The molecule has 1 fully saturated rings. The molecular weight excluding hydrogens is 352 g/mol. The molecule has 0 aliphatic carbocycles. The number of nitrogens with zero attached hydrogens (tertiary/aromatic N) is 3. The molecule has 1 aromatic heterocycles. The fraction of sp³-hybridized carbons (Fsp3) is 0.474. The van der Waals surface area contributed by atoms with Gasteiger partial charge in [-0.25, -0.2) is 4.68 Å². The summed E-state index contributed by atoms with van der Waals surface area (Å²) in [5.41, 5.74) is 8.26. The predicted molar refractivity (Wildman–Crippen MR) is 104 cm³/mol. The van der Waals surface area contributed by atoms with E-state index in [9.17, 15) is 4.79 Å². The number of rotatable bonds is 4. The number of halogens is 1. The van der Waals surface area contributed by atoms with Gasteiger partial charge in [0.1, 0.15) is 11.4 Å². The highest BCUT2D eigenvalue weighted by molar-refractivity contribution is 5.92. The van der Waals surface area contributed by atoms with Crippen LogP contribution in [0, 0.1) is 12.8 Å². The zero-order valence-corrected chi connectivity index (χ0v) is 16.3. The van der Waals surface area contributed by atoms with Crippen LogP contribution in [0.1, 0.15) is 35.8 Å². The normalized spacial score (nSPS) is 19.8. The number of amides is 1. The molecule has 1 amide bonds. The molecule has 2 unspecified atom stereocenters. The van der Waals surface area contributed by atoms with Gasteiger partial charge in [-0.1, -0.05) is 13.0 Å². The maximum absolute atomic E-state index is 12.9. The molecule has 142 valence electrons. The molecule has 0 bridgehead atoms. The maximum Gasteiger partial charge on any atom is 0.274 e. The molecular formula is C19H27ClN4O2. The van der Waals surface area contributed by atoms with E-state index in [0.717, 1.165) is 36.4 Å². The number of benzene rings is 1. The third kappa shape index (κ3) is 4.02. The monoisotopic (exact) mass is 378 g/mol. The number of piperidine rings is 1. The zero-order valence-electron chi connectivity index (χ0n) is 15.5. The maximum atomic E-state index is 12.9. The van der Waals surface area contributed by atoms with E-state index in [4.69, 9.17) is 10.5 Å².